The maximum atomic E-state index is 14.2. The van der Waals surface area contributed by atoms with Gasteiger partial charge in [0.25, 0.3) is 11.8 Å². The van der Waals surface area contributed by atoms with Crippen LogP contribution >= 0.6 is 0 Å². The fourth-order valence-corrected chi connectivity index (χ4v) is 3.55. The average Bonchev–Trinajstić information content (AvgIpc) is 2.99. The Morgan fingerprint density at radius 3 is 2.62 bits per heavy atom. The summed E-state index contributed by atoms with van der Waals surface area (Å²) in [6, 6.07) is 5.24. The number of carbonyl (C=O) groups excluding carboxylic acids is 2. The van der Waals surface area contributed by atoms with E-state index in [1.165, 1.54) is 31.5 Å². The number of methoxy groups -OCH3 is 1. The van der Waals surface area contributed by atoms with Crippen molar-refractivity contribution in [2.45, 2.75) is 32.0 Å². The number of hydrogen-bond acceptors (Lipinski definition) is 5. The van der Waals surface area contributed by atoms with E-state index in [1.54, 1.807) is 6.92 Å². The number of nitrogens with two attached hydrogens (primary N) is 1. The smallest absolute Gasteiger partial charge is 0.267 e. The highest BCUT2D eigenvalue weighted by molar-refractivity contribution is 5.97. The quantitative estimate of drug-likeness (QED) is 0.796. The maximum absolute atomic E-state index is 14.2. The summed E-state index contributed by atoms with van der Waals surface area (Å²) in [6.45, 7) is 3.66. The Morgan fingerprint density at radius 1 is 1.24 bits per heavy atom. The molecule has 0 spiro atoms. The molecule has 4 atom stereocenters. The molecule has 9 heteroatoms. The van der Waals surface area contributed by atoms with E-state index in [0.717, 1.165) is 6.07 Å². The second-order valence-corrected chi connectivity index (χ2v) is 6.91. The van der Waals surface area contributed by atoms with Crippen LogP contribution in [0.15, 0.2) is 30.5 Å². The van der Waals surface area contributed by atoms with Crippen LogP contribution in [0.2, 0.25) is 0 Å². The molecule has 1 fully saturated rings. The molecule has 0 unspecified atom stereocenters. The number of pyridine rings is 1. The number of anilines is 1. The fourth-order valence-electron chi connectivity index (χ4n) is 3.55. The van der Waals surface area contributed by atoms with E-state index in [0.29, 0.717) is 11.3 Å². The minimum atomic E-state index is -1.11. The molecule has 1 aliphatic heterocycles. The molecule has 2 amide bonds. The zero-order valence-corrected chi connectivity index (χ0v) is 16.1. The highest BCUT2D eigenvalue weighted by atomic mass is 19.2. The molecule has 0 aliphatic carbocycles. The van der Waals surface area contributed by atoms with Crippen LogP contribution in [0.1, 0.15) is 35.8 Å². The van der Waals surface area contributed by atoms with E-state index in [4.69, 9.17) is 15.2 Å². The van der Waals surface area contributed by atoms with Crippen molar-refractivity contribution in [3.05, 3.63) is 53.4 Å². The molecule has 2 aromatic rings. The number of carbonyl (C=O) groups is 2. The number of hydrogen-bond donors (Lipinski definition) is 2. The van der Waals surface area contributed by atoms with Crippen molar-refractivity contribution in [2.24, 2.45) is 11.7 Å². The summed E-state index contributed by atoms with van der Waals surface area (Å²) in [5.41, 5.74) is 5.86. The standard InChI is InChI=1S/C20H21F2N3O4/c1-9-10(2)29-18(15(9)12-4-5-13(21)16(22)17(12)28-3)20(27)25-11-6-7-24-14(8-11)19(23)26/h4-10,15,18H,1-3H3,(H2,23,26)(H,24,25,27)/t9-,10-,15+,18-/m0/s1. The summed E-state index contributed by atoms with van der Waals surface area (Å²) in [6.07, 6.45) is 0.0444. The van der Waals surface area contributed by atoms with Crippen molar-refractivity contribution in [1.29, 1.82) is 0 Å². The van der Waals surface area contributed by atoms with Crippen molar-refractivity contribution in [1.82, 2.24) is 4.98 Å². The lowest BCUT2D eigenvalue weighted by Gasteiger charge is -2.23. The lowest BCUT2D eigenvalue weighted by Crippen LogP contribution is -2.33. The molecule has 2 heterocycles. The van der Waals surface area contributed by atoms with E-state index >= 15 is 0 Å². The van der Waals surface area contributed by atoms with Gasteiger partial charge in [0, 0.05) is 23.4 Å². The van der Waals surface area contributed by atoms with Gasteiger partial charge in [-0.1, -0.05) is 13.0 Å². The third kappa shape index (κ3) is 3.91. The number of aromatic nitrogens is 1. The summed E-state index contributed by atoms with van der Waals surface area (Å²) >= 11 is 0. The highest BCUT2D eigenvalue weighted by Gasteiger charge is 2.46. The number of amides is 2. The average molecular weight is 405 g/mol. The number of nitrogens with zero attached hydrogens (tertiary/aromatic N) is 1. The summed E-state index contributed by atoms with van der Waals surface area (Å²) in [5.74, 6) is -4.39. The molecule has 0 saturated carbocycles. The van der Waals surface area contributed by atoms with E-state index < -0.39 is 35.5 Å². The number of nitrogens with one attached hydrogen (secondary N) is 1. The van der Waals surface area contributed by atoms with E-state index in [-0.39, 0.29) is 23.5 Å². The van der Waals surface area contributed by atoms with Gasteiger partial charge in [-0.3, -0.25) is 14.6 Å². The minimum Gasteiger partial charge on any atom is -0.493 e. The Hall–Kier alpha value is -3.07. The summed E-state index contributed by atoms with van der Waals surface area (Å²) < 4.78 is 38.8. The predicted octanol–water partition coefficient (Wildman–Crippen LogP) is 2.61. The SMILES string of the molecule is COc1c([C@H]2[C@@H](C)[C@H](C)O[C@@H]2C(=O)Nc2ccnc(C(N)=O)c2)ccc(F)c1F. The van der Waals surface area contributed by atoms with E-state index in [9.17, 15) is 18.4 Å². The van der Waals surface area contributed by atoms with Crippen LogP contribution < -0.4 is 15.8 Å². The minimum absolute atomic E-state index is 0.00398. The lowest BCUT2D eigenvalue weighted by atomic mass is 9.82. The molecule has 29 heavy (non-hydrogen) atoms. The van der Waals surface area contributed by atoms with Gasteiger partial charge in [-0.05, 0) is 31.0 Å². The van der Waals surface area contributed by atoms with Gasteiger partial charge in [0.1, 0.15) is 11.8 Å². The van der Waals surface area contributed by atoms with Crippen LogP contribution in [0.3, 0.4) is 0 Å². The zero-order chi connectivity index (χ0) is 21.3. The molecule has 1 aromatic carbocycles. The van der Waals surface area contributed by atoms with Crippen molar-refractivity contribution in [2.75, 3.05) is 12.4 Å². The van der Waals surface area contributed by atoms with Crippen LogP contribution in [0.25, 0.3) is 0 Å². The molecular formula is C20H21F2N3O4. The zero-order valence-electron chi connectivity index (χ0n) is 16.1. The largest absolute Gasteiger partial charge is 0.493 e. The number of ether oxygens (including phenoxy) is 2. The van der Waals surface area contributed by atoms with Crippen molar-refractivity contribution >= 4 is 17.5 Å². The van der Waals surface area contributed by atoms with Gasteiger partial charge in [0.05, 0.1) is 13.2 Å². The van der Waals surface area contributed by atoms with Crippen LogP contribution in [-0.4, -0.2) is 36.1 Å². The summed E-state index contributed by atoms with van der Waals surface area (Å²) in [5, 5.41) is 2.66. The maximum Gasteiger partial charge on any atom is 0.267 e. The van der Waals surface area contributed by atoms with Gasteiger partial charge < -0.3 is 20.5 Å². The number of halogens is 2. The number of primary amides is 1. The normalized spacial score (nSPS) is 23.6. The van der Waals surface area contributed by atoms with Gasteiger partial charge in [0.15, 0.2) is 11.6 Å². The van der Waals surface area contributed by atoms with E-state index in [2.05, 4.69) is 10.3 Å². The third-order valence-electron chi connectivity index (χ3n) is 5.18. The topological polar surface area (TPSA) is 104 Å². The van der Waals surface area contributed by atoms with Gasteiger partial charge in [-0.2, -0.15) is 4.39 Å². The fraction of sp³-hybridized carbons (Fsp3) is 0.350. The highest BCUT2D eigenvalue weighted by Crippen LogP contribution is 2.44. The first-order valence-electron chi connectivity index (χ1n) is 8.98. The van der Waals surface area contributed by atoms with Crippen molar-refractivity contribution in [3.63, 3.8) is 0 Å². The first kappa shape index (κ1) is 20.7. The second kappa shape index (κ2) is 8.12. The Morgan fingerprint density at radius 2 is 1.97 bits per heavy atom. The Labute approximate surface area is 166 Å². The molecule has 1 saturated heterocycles. The van der Waals surface area contributed by atoms with Crippen LogP contribution in [-0.2, 0) is 9.53 Å². The van der Waals surface area contributed by atoms with Gasteiger partial charge in [-0.15, -0.1) is 0 Å². The predicted molar refractivity (Wildman–Crippen MR) is 101 cm³/mol. The van der Waals surface area contributed by atoms with Gasteiger partial charge in [-0.25, -0.2) is 4.39 Å². The molecule has 3 rings (SSSR count). The van der Waals surface area contributed by atoms with Crippen molar-refractivity contribution in [3.8, 4) is 5.75 Å². The first-order chi connectivity index (χ1) is 13.7. The Kier molecular flexibility index (Phi) is 5.78. The van der Waals surface area contributed by atoms with E-state index in [1.807, 2.05) is 6.92 Å². The summed E-state index contributed by atoms with van der Waals surface area (Å²) in [4.78, 5) is 28.1. The number of benzene rings is 1. The molecule has 0 bridgehead atoms. The molecule has 154 valence electrons. The van der Waals surface area contributed by atoms with Crippen LogP contribution in [0.5, 0.6) is 5.75 Å². The van der Waals surface area contributed by atoms with Gasteiger partial charge >= 0.3 is 0 Å². The van der Waals surface area contributed by atoms with Crippen molar-refractivity contribution < 1.29 is 27.8 Å². The lowest BCUT2D eigenvalue weighted by molar-refractivity contribution is -0.127. The van der Waals surface area contributed by atoms with Crippen LogP contribution in [0.4, 0.5) is 14.5 Å². The second-order valence-electron chi connectivity index (χ2n) is 6.91. The molecule has 3 N–H and O–H groups in total. The third-order valence-corrected chi connectivity index (χ3v) is 5.18. The monoisotopic (exact) mass is 405 g/mol. The first-order valence-corrected chi connectivity index (χ1v) is 8.98. The van der Waals surface area contributed by atoms with Crippen LogP contribution in [0, 0.1) is 17.6 Å². The molecule has 7 nitrogen and oxygen atoms in total. The molecule has 0 radical (unpaired) electrons. The van der Waals surface area contributed by atoms with Gasteiger partial charge in [0.2, 0.25) is 5.82 Å². The molecule has 1 aliphatic rings. The number of rotatable bonds is 5. The Balaban J connectivity index is 1.94. The molecular weight excluding hydrogens is 384 g/mol. The summed E-state index contributed by atoms with van der Waals surface area (Å²) in [7, 11) is 1.24. The Bertz CT molecular complexity index is 953. The molecule has 1 aromatic heterocycles.